The Kier molecular flexibility index (Phi) is 12.6. The second kappa shape index (κ2) is 17.4. The molecule has 4 heterocycles. The first-order valence-electron chi connectivity index (χ1n) is 20.8. The number of fused-ring (bicyclic) bond motifs is 1. The van der Waals surface area contributed by atoms with Crippen molar-refractivity contribution in [3.8, 4) is 22.9 Å². The Hall–Kier alpha value is -4.59. The Morgan fingerprint density at radius 1 is 1.13 bits per heavy atom. The van der Waals surface area contributed by atoms with Gasteiger partial charge < -0.3 is 29.3 Å². The van der Waals surface area contributed by atoms with Crippen LogP contribution >= 0.6 is 18.7 Å². The second-order valence-corrected chi connectivity index (χ2v) is 21.4. The number of carbonyl (C=O) groups is 3. The number of nitrogens with zero attached hydrogens (tertiary/aromatic N) is 4. The molecule has 0 bridgehead atoms. The number of aromatic amines is 1. The monoisotopic (exact) mass is 860 g/mol. The van der Waals surface area contributed by atoms with E-state index in [9.17, 15) is 23.8 Å². The molecule has 4 aromatic rings. The van der Waals surface area contributed by atoms with Crippen LogP contribution in [-0.2, 0) is 29.8 Å². The van der Waals surface area contributed by atoms with E-state index in [0.29, 0.717) is 45.9 Å². The van der Waals surface area contributed by atoms with Crippen molar-refractivity contribution in [1.82, 2.24) is 25.1 Å². The molecule has 3 aliphatic rings. The molecule has 14 nitrogen and oxygen atoms in total. The van der Waals surface area contributed by atoms with Crippen molar-refractivity contribution >= 4 is 52.4 Å². The summed E-state index contributed by atoms with van der Waals surface area (Å²) in [5.41, 5.74) is 1.68. The third kappa shape index (κ3) is 9.33. The predicted octanol–water partition coefficient (Wildman–Crippen LogP) is 8.17. The summed E-state index contributed by atoms with van der Waals surface area (Å²) in [4.78, 5) is 66.0. The van der Waals surface area contributed by atoms with Gasteiger partial charge in [-0.3, -0.25) is 24.0 Å². The number of rotatable bonds is 17. The number of anilines is 1. The number of methoxy groups -OCH3 is 1. The summed E-state index contributed by atoms with van der Waals surface area (Å²) < 4.78 is 32.4. The molecule has 1 saturated heterocycles. The van der Waals surface area contributed by atoms with Gasteiger partial charge in [-0.15, -0.1) is 17.9 Å². The van der Waals surface area contributed by atoms with E-state index in [2.05, 4.69) is 22.1 Å². The number of allylic oxidation sites excluding steroid dienone is 1. The normalized spacial score (nSPS) is 23.3. The maximum Gasteiger partial charge on any atom is 0.306 e. The molecule has 16 heteroatoms. The largest absolute Gasteiger partial charge is 0.497 e. The highest BCUT2D eigenvalue weighted by molar-refractivity contribution is 7.59. The van der Waals surface area contributed by atoms with Crippen molar-refractivity contribution in [1.29, 1.82) is 0 Å². The number of esters is 1. The number of carbonyl (C=O) groups excluding carboxylic acids is 3. The number of thiazole rings is 1. The maximum atomic E-state index is 14.9. The molecule has 7 rings (SSSR count). The van der Waals surface area contributed by atoms with Crippen molar-refractivity contribution in [3.05, 3.63) is 60.3 Å². The Morgan fingerprint density at radius 3 is 2.55 bits per heavy atom. The number of nitrogens with one attached hydrogen (secondary N) is 2. The topological polar surface area (TPSA) is 186 Å². The third-order valence-corrected chi connectivity index (χ3v) is 15.8. The summed E-state index contributed by atoms with van der Waals surface area (Å²) in [5, 5.41) is 12.2. The molecular weight excluding hydrogens is 804 g/mol. The zero-order valence-electron chi connectivity index (χ0n) is 35.3. The van der Waals surface area contributed by atoms with Gasteiger partial charge in [-0.05, 0) is 75.5 Å². The lowest BCUT2D eigenvalue weighted by molar-refractivity contribution is -0.156. The number of Topliss-reactive ketones (excluding diaryl/α,β-unsaturated/α-hetero) is 1. The van der Waals surface area contributed by atoms with Gasteiger partial charge in [-0.25, -0.2) is 9.97 Å². The van der Waals surface area contributed by atoms with Gasteiger partial charge in [0, 0.05) is 53.7 Å². The molecule has 3 N–H and O–H groups in total. The molecule has 6 atom stereocenters. The average Bonchev–Trinajstić information content (AvgIpc) is 3.81. The fourth-order valence-electron chi connectivity index (χ4n) is 8.75. The molecule has 3 aromatic heterocycles. The number of likely N-dealkylation sites (tertiary alicyclic amines) is 1. The summed E-state index contributed by atoms with van der Waals surface area (Å²) in [6.45, 7) is 13.8. The fraction of sp³-hybridized carbons (Fsp3) is 0.545. The number of ketones is 1. The van der Waals surface area contributed by atoms with Gasteiger partial charge in [-0.2, -0.15) is 5.10 Å². The fourth-order valence-corrected chi connectivity index (χ4v) is 12.1. The summed E-state index contributed by atoms with van der Waals surface area (Å²) >= 11 is 1.47. The van der Waals surface area contributed by atoms with E-state index >= 15 is 0 Å². The van der Waals surface area contributed by atoms with Crippen molar-refractivity contribution in [2.45, 2.75) is 122 Å². The molecular formula is C44H57N6O8PS. The molecule has 1 aromatic carbocycles. The van der Waals surface area contributed by atoms with Gasteiger partial charge in [0.05, 0.1) is 54.6 Å². The summed E-state index contributed by atoms with van der Waals surface area (Å²) in [5.74, 6) is -1.19. The molecule has 2 saturated carbocycles. The predicted molar refractivity (Wildman–Crippen MR) is 231 cm³/mol. The standard InChI is InChI=1S/C44H57N6O8PS/c1-8-27-21-44(27,59(54,55)24-28-15-16-45-49-28)22-38(51)37-18-31(23-50(37)41(53)33(43(4,5)6)19-40(52)58-29-11-9-10-12-29)57-39-20-35(36-25-60-42(48-36)46-26(2)3)47-34-17-30(56-7)13-14-32(34)39/h8,13-17,20,25-27,29,31,33,37H,1,9-12,18-19,21-24H2,2-7H3,(H,45,49)(H,46,48)(H,54,55)/t27-,31-,33-,37+,44-/m1/s1. The van der Waals surface area contributed by atoms with Crippen LogP contribution in [0.4, 0.5) is 5.13 Å². The first-order chi connectivity index (χ1) is 28.5. The minimum Gasteiger partial charge on any atom is -0.497 e. The van der Waals surface area contributed by atoms with Crippen LogP contribution in [0.25, 0.3) is 22.3 Å². The molecule has 322 valence electrons. The number of H-pyrrole nitrogens is 1. The minimum absolute atomic E-state index is 0.0524. The molecule has 1 amide bonds. The number of amides is 1. The highest BCUT2D eigenvalue weighted by Crippen LogP contribution is 2.74. The number of hydrogen-bond acceptors (Lipinski definition) is 12. The highest BCUT2D eigenvalue weighted by Gasteiger charge is 2.65. The maximum absolute atomic E-state index is 14.9. The minimum atomic E-state index is -3.99. The molecule has 0 spiro atoms. The number of hydrogen-bond donors (Lipinski definition) is 3. The SMILES string of the molecule is C=C[C@@H]1C[C@]1(CC(=O)[C@@H]1C[C@@H](Oc2cc(-c3csc(NC(C)C)n3)nc3cc(OC)ccc23)CN1C(=O)[C@@H](CC(=O)OC1CCCC1)C(C)(C)C)P(=O)(O)Cc1ccn[nH]1. The molecule has 0 radical (unpaired) electrons. The molecule has 3 fully saturated rings. The summed E-state index contributed by atoms with van der Waals surface area (Å²) in [6.07, 6.45) is 5.88. The number of benzene rings is 1. The van der Waals surface area contributed by atoms with E-state index in [0.717, 1.165) is 30.8 Å². The van der Waals surface area contributed by atoms with Gasteiger partial charge in [0.15, 0.2) is 10.9 Å². The lowest BCUT2D eigenvalue weighted by atomic mass is 9.77. The van der Waals surface area contributed by atoms with Gasteiger partial charge in [0.25, 0.3) is 0 Å². The van der Waals surface area contributed by atoms with Crippen LogP contribution in [-0.4, -0.2) is 90.7 Å². The van der Waals surface area contributed by atoms with Crippen LogP contribution in [0.3, 0.4) is 0 Å². The molecule has 2 aliphatic carbocycles. The van der Waals surface area contributed by atoms with Crippen LogP contribution in [0.2, 0.25) is 0 Å². The summed E-state index contributed by atoms with van der Waals surface area (Å²) in [6, 6.07) is 8.19. The number of pyridine rings is 1. The molecule has 60 heavy (non-hydrogen) atoms. The number of aromatic nitrogens is 4. The Morgan fingerprint density at radius 2 is 1.90 bits per heavy atom. The van der Waals surface area contributed by atoms with Gasteiger partial charge in [0.2, 0.25) is 13.3 Å². The summed E-state index contributed by atoms with van der Waals surface area (Å²) in [7, 11) is -2.41. The van der Waals surface area contributed by atoms with Crippen LogP contribution < -0.4 is 14.8 Å². The average molecular weight is 861 g/mol. The number of ether oxygens (including phenoxy) is 3. The van der Waals surface area contributed by atoms with Gasteiger partial charge in [0.1, 0.15) is 29.4 Å². The third-order valence-electron chi connectivity index (χ3n) is 12.2. The first-order valence-corrected chi connectivity index (χ1v) is 23.6. The van der Waals surface area contributed by atoms with Crippen molar-refractivity contribution in [3.63, 3.8) is 0 Å². The van der Waals surface area contributed by atoms with E-state index in [4.69, 9.17) is 24.2 Å². The van der Waals surface area contributed by atoms with Gasteiger partial charge in [-0.1, -0.05) is 26.8 Å². The second-order valence-electron chi connectivity index (χ2n) is 18.0. The van der Waals surface area contributed by atoms with Crippen molar-refractivity contribution < 1.29 is 38.1 Å². The molecule has 1 aliphatic heterocycles. The van der Waals surface area contributed by atoms with Gasteiger partial charge >= 0.3 is 5.97 Å². The zero-order valence-corrected chi connectivity index (χ0v) is 37.0. The van der Waals surface area contributed by atoms with Crippen molar-refractivity contribution in [2.24, 2.45) is 17.3 Å². The van der Waals surface area contributed by atoms with E-state index in [1.165, 1.54) is 17.5 Å². The molecule has 1 unspecified atom stereocenters. The smallest absolute Gasteiger partial charge is 0.306 e. The van der Waals surface area contributed by atoms with E-state index in [1.807, 2.05) is 64.3 Å². The Bertz CT molecular complexity index is 2270. The van der Waals surface area contributed by atoms with Crippen LogP contribution in [0.1, 0.15) is 91.7 Å². The van der Waals surface area contributed by atoms with E-state index in [1.54, 1.807) is 24.2 Å². The van der Waals surface area contributed by atoms with E-state index < -0.39 is 42.0 Å². The van der Waals surface area contributed by atoms with Crippen molar-refractivity contribution in [2.75, 3.05) is 19.0 Å². The Balaban J connectivity index is 1.22. The van der Waals surface area contributed by atoms with Crippen LogP contribution in [0, 0.1) is 17.3 Å². The lowest BCUT2D eigenvalue weighted by Crippen LogP contribution is -2.48. The Labute approximate surface area is 355 Å². The first kappa shape index (κ1) is 43.5. The van der Waals surface area contributed by atoms with Crippen LogP contribution in [0.15, 0.2) is 54.6 Å². The quantitative estimate of drug-likeness (QED) is 0.0526. The van der Waals surface area contributed by atoms with Crippen LogP contribution in [0.5, 0.6) is 11.5 Å². The van der Waals surface area contributed by atoms with E-state index in [-0.39, 0.29) is 61.7 Å². The lowest BCUT2D eigenvalue weighted by Gasteiger charge is -2.35. The highest BCUT2D eigenvalue weighted by atomic mass is 32.1. The zero-order chi connectivity index (χ0) is 43.0.